The van der Waals surface area contributed by atoms with Crippen LogP contribution in [0.15, 0.2) is 30.5 Å². The van der Waals surface area contributed by atoms with Crippen LogP contribution in [-0.2, 0) is 0 Å². The molecule has 1 amide bonds. The lowest BCUT2D eigenvalue weighted by Crippen LogP contribution is -2.18. The number of nitrogens with two attached hydrogens (primary N) is 1. The first-order valence-corrected chi connectivity index (χ1v) is 5.26. The number of rotatable bonds is 2. The van der Waals surface area contributed by atoms with Crippen LogP contribution in [-0.4, -0.2) is 22.7 Å². The molecule has 0 aliphatic heterocycles. The summed E-state index contributed by atoms with van der Waals surface area (Å²) in [4.78, 5) is 11.5. The van der Waals surface area contributed by atoms with Crippen molar-refractivity contribution in [2.75, 3.05) is 12.8 Å². The van der Waals surface area contributed by atoms with Crippen LogP contribution >= 0.6 is 0 Å². The molecule has 1 aromatic carbocycles. The standard InChI is InChI=1S/C12H14N4O/c1-8-11(13)7-15-16(8)10-5-3-4-9(6-10)12(17)14-2/h3-7H,13H2,1-2H3,(H,14,17). The highest BCUT2D eigenvalue weighted by atomic mass is 16.1. The SMILES string of the molecule is CNC(=O)c1cccc(-n2ncc(N)c2C)c1. The second-order valence-corrected chi connectivity index (χ2v) is 3.73. The number of hydrogen-bond acceptors (Lipinski definition) is 3. The molecule has 0 unspecified atom stereocenters. The van der Waals surface area contributed by atoms with Crippen molar-refractivity contribution in [1.29, 1.82) is 0 Å². The van der Waals surface area contributed by atoms with E-state index in [9.17, 15) is 4.79 Å². The van der Waals surface area contributed by atoms with Gasteiger partial charge >= 0.3 is 0 Å². The van der Waals surface area contributed by atoms with E-state index in [0.29, 0.717) is 11.3 Å². The van der Waals surface area contributed by atoms with Gasteiger partial charge in [0.1, 0.15) is 0 Å². The molecule has 0 bridgehead atoms. The Morgan fingerprint density at radius 3 is 2.82 bits per heavy atom. The smallest absolute Gasteiger partial charge is 0.251 e. The molecule has 0 atom stereocenters. The molecule has 0 aliphatic carbocycles. The number of aromatic nitrogens is 2. The Morgan fingerprint density at radius 1 is 1.47 bits per heavy atom. The van der Waals surface area contributed by atoms with Gasteiger partial charge in [0.05, 0.1) is 23.3 Å². The Bertz CT molecular complexity index is 559. The van der Waals surface area contributed by atoms with Crippen LogP contribution in [0.25, 0.3) is 5.69 Å². The number of anilines is 1. The van der Waals surface area contributed by atoms with Crippen LogP contribution < -0.4 is 11.1 Å². The minimum Gasteiger partial charge on any atom is -0.396 e. The summed E-state index contributed by atoms with van der Waals surface area (Å²) in [5.74, 6) is -0.121. The average molecular weight is 230 g/mol. The van der Waals surface area contributed by atoms with Crippen LogP contribution in [0.3, 0.4) is 0 Å². The highest BCUT2D eigenvalue weighted by molar-refractivity contribution is 5.94. The van der Waals surface area contributed by atoms with Gasteiger partial charge in [0.15, 0.2) is 0 Å². The highest BCUT2D eigenvalue weighted by Crippen LogP contribution is 2.16. The molecule has 3 N–H and O–H groups in total. The predicted molar refractivity (Wildman–Crippen MR) is 66.1 cm³/mol. The first-order valence-electron chi connectivity index (χ1n) is 5.26. The summed E-state index contributed by atoms with van der Waals surface area (Å²) in [6.45, 7) is 1.88. The van der Waals surface area contributed by atoms with E-state index in [2.05, 4.69) is 10.4 Å². The largest absolute Gasteiger partial charge is 0.396 e. The number of amides is 1. The Balaban J connectivity index is 2.47. The third kappa shape index (κ3) is 1.99. The molecule has 88 valence electrons. The second kappa shape index (κ2) is 4.29. The van der Waals surface area contributed by atoms with Crippen LogP contribution in [0.2, 0.25) is 0 Å². The fourth-order valence-corrected chi connectivity index (χ4v) is 1.61. The van der Waals surface area contributed by atoms with Gasteiger partial charge in [-0.05, 0) is 25.1 Å². The summed E-state index contributed by atoms with van der Waals surface area (Å²) >= 11 is 0. The number of carbonyl (C=O) groups excluding carboxylic acids is 1. The third-order valence-electron chi connectivity index (χ3n) is 2.63. The van der Waals surface area contributed by atoms with E-state index in [1.165, 1.54) is 0 Å². The maximum absolute atomic E-state index is 11.5. The zero-order valence-electron chi connectivity index (χ0n) is 9.77. The van der Waals surface area contributed by atoms with Crippen molar-refractivity contribution in [3.05, 3.63) is 41.7 Å². The molecule has 5 heteroatoms. The molecule has 0 saturated carbocycles. The summed E-state index contributed by atoms with van der Waals surface area (Å²) in [7, 11) is 1.60. The summed E-state index contributed by atoms with van der Waals surface area (Å²) < 4.78 is 1.71. The molecule has 2 aromatic rings. The molecule has 17 heavy (non-hydrogen) atoms. The monoisotopic (exact) mass is 230 g/mol. The van der Waals surface area contributed by atoms with E-state index < -0.39 is 0 Å². The van der Waals surface area contributed by atoms with Gasteiger partial charge in [-0.1, -0.05) is 6.07 Å². The fraction of sp³-hybridized carbons (Fsp3) is 0.167. The van der Waals surface area contributed by atoms with E-state index in [1.807, 2.05) is 19.1 Å². The molecule has 0 aliphatic rings. The van der Waals surface area contributed by atoms with Crippen LogP contribution in [0, 0.1) is 6.92 Å². The number of nitrogens with zero attached hydrogens (tertiary/aromatic N) is 2. The van der Waals surface area contributed by atoms with Gasteiger partial charge in [0, 0.05) is 12.6 Å². The minimum absolute atomic E-state index is 0.121. The molecule has 1 heterocycles. The van der Waals surface area contributed by atoms with Gasteiger partial charge < -0.3 is 11.1 Å². The number of nitrogen functional groups attached to an aromatic ring is 1. The van der Waals surface area contributed by atoms with Gasteiger partial charge in [-0.25, -0.2) is 4.68 Å². The normalized spacial score (nSPS) is 10.2. The van der Waals surface area contributed by atoms with Gasteiger partial charge in [-0.3, -0.25) is 4.79 Å². The van der Waals surface area contributed by atoms with E-state index in [-0.39, 0.29) is 5.91 Å². The zero-order chi connectivity index (χ0) is 12.4. The quantitative estimate of drug-likeness (QED) is 0.812. The summed E-state index contributed by atoms with van der Waals surface area (Å²) in [5, 5.41) is 6.76. The van der Waals surface area contributed by atoms with Crippen molar-refractivity contribution in [1.82, 2.24) is 15.1 Å². The number of nitrogens with one attached hydrogen (secondary N) is 1. The minimum atomic E-state index is -0.121. The van der Waals surface area contributed by atoms with Gasteiger partial charge in [0.25, 0.3) is 5.91 Å². The molecule has 5 nitrogen and oxygen atoms in total. The lowest BCUT2D eigenvalue weighted by atomic mass is 10.2. The van der Waals surface area contributed by atoms with Crippen LogP contribution in [0.5, 0.6) is 0 Å². The van der Waals surface area contributed by atoms with Gasteiger partial charge in [-0.15, -0.1) is 0 Å². The second-order valence-electron chi connectivity index (χ2n) is 3.73. The molecule has 2 rings (SSSR count). The van der Waals surface area contributed by atoms with Gasteiger partial charge in [0.2, 0.25) is 0 Å². The molecule has 0 radical (unpaired) electrons. The Kier molecular flexibility index (Phi) is 2.82. The van der Waals surface area contributed by atoms with Crippen LogP contribution in [0.4, 0.5) is 5.69 Å². The molecule has 0 spiro atoms. The van der Waals surface area contributed by atoms with E-state index >= 15 is 0 Å². The molecular formula is C12H14N4O. The Morgan fingerprint density at radius 2 is 2.24 bits per heavy atom. The highest BCUT2D eigenvalue weighted by Gasteiger charge is 2.08. The summed E-state index contributed by atoms with van der Waals surface area (Å²) in [5.41, 5.74) is 8.65. The van der Waals surface area contributed by atoms with Crippen molar-refractivity contribution >= 4 is 11.6 Å². The molecular weight excluding hydrogens is 216 g/mol. The Labute approximate surface area is 99.2 Å². The molecule has 0 fully saturated rings. The maximum atomic E-state index is 11.5. The topological polar surface area (TPSA) is 72.9 Å². The zero-order valence-corrected chi connectivity index (χ0v) is 9.77. The lowest BCUT2D eigenvalue weighted by Gasteiger charge is -2.06. The molecule has 0 saturated heterocycles. The van der Waals surface area contributed by atoms with Crippen molar-refractivity contribution in [2.24, 2.45) is 0 Å². The third-order valence-corrected chi connectivity index (χ3v) is 2.63. The van der Waals surface area contributed by atoms with Crippen molar-refractivity contribution in [3.63, 3.8) is 0 Å². The number of hydrogen-bond donors (Lipinski definition) is 2. The van der Waals surface area contributed by atoms with E-state index in [1.54, 1.807) is 30.1 Å². The fourth-order valence-electron chi connectivity index (χ4n) is 1.61. The first kappa shape index (κ1) is 11.2. The number of carbonyl (C=O) groups is 1. The van der Waals surface area contributed by atoms with Crippen molar-refractivity contribution in [3.8, 4) is 5.69 Å². The van der Waals surface area contributed by atoms with Crippen LogP contribution in [0.1, 0.15) is 16.1 Å². The predicted octanol–water partition coefficient (Wildman–Crippen LogP) is 1.12. The van der Waals surface area contributed by atoms with E-state index in [0.717, 1.165) is 11.4 Å². The van der Waals surface area contributed by atoms with Crippen molar-refractivity contribution < 1.29 is 4.79 Å². The summed E-state index contributed by atoms with van der Waals surface area (Å²) in [6, 6.07) is 7.23. The maximum Gasteiger partial charge on any atom is 0.251 e. The Hall–Kier alpha value is -2.30. The summed E-state index contributed by atoms with van der Waals surface area (Å²) in [6.07, 6.45) is 1.60. The lowest BCUT2D eigenvalue weighted by molar-refractivity contribution is 0.0963. The van der Waals surface area contributed by atoms with Crippen molar-refractivity contribution in [2.45, 2.75) is 6.92 Å². The first-order chi connectivity index (χ1) is 8.13. The van der Waals surface area contributed by atoms with E-state index in [4.69, 9.17) is 5.73 Å². The van der Waals surface area contributed by atoms with Gasteiger partial charge in [-0.2, -0.15) is 5.10 Å². The molecule has 1 aromatic heterocycles. The number of benzene rings is 1. The average Bonchev–Trinajstić information content (AvgIpc) is 2.69.